The highest BCUT2D eigenvalue weighted by Crippen LogP contribution is 2.42. The molecule has 3 saturated heterocycles. The third-order valence-electron chi connectivity index (χ3n) is 6.75. The zero-order chi connectivity index (χ0) is 27.6. The smallest absolute Gasteiger partial charge is 0.408 e. The normalized spacial score (nSPS) is 29.4. The predicted molar refractivity (Wildman–Crippen MR) is 137 cm³/mol. The van der Waals surface area contributed by atoms with E-state index in [0.29, 0.717) is 0 Å². The summed E-state index contributed by atoms with van der Waals surface area (Å²) < 4.78 is 41.3. The lowest BCUT2D eigenvalue weighted by atomic mass is 10.0. The molecule has 0 radical (unpaired) electrons. The van der Waals surface area contributed by atoms with E-state index < -0.39 is 60.4 Å². The van der Waals surface area contributed by atoms with Crippen LogP contribution in [0.2, 0.25) is 0 Å². The molecule has 0 aromatic heterocycles. The Bertz CT molecular complexity index is 1140. The number of benzene rings is 2. The Morgan fingerprint density at radius 3 is 2.21 bits per heavy atom. The van der Waals surface area contributed by atoms with Crippen molar-refractivity contribution in [3.05, 3.63) is 71.8 Å². The zero-order valence-corrected chi connectivity index (χ0v) is 22.5. The lowest BCUT2D eigenvalue weighted by Crippen LogP contribution is -2.50. The highest BCUT2D eigenvalue weighted by Gasteiger charge is 2.60. The van der Waals surface area contributed by atoms with Crippen LogP contribution in [0.1, 0.15) is 38.8 Å². The molecule has 6 atom stereocenters. The van der Waals surface area contributed by atoms with Crippen LogP contribution in [0.25, 0.3) is 0 Å². The highest BCUT2D eigenvalue weighted by atomic mass is 16.8. The molecule has 10 nitrogen and oxygen atoms in total. The Morgan fingerprint density at radius 2 is 1.56 bits per heavy atom. The van der Waals surface area contributed by atoms with Gasteiger partial charge in [0.05, 0.1) is 6.61 Å². The fourth-order valence-electron chi connectivity index (χ4n) is 4.98. The first-order valence-corrected chi connectivity index (χ1v) is 13.1. The second-order valence-electron chi connectivity index (χ2n) is 10.8. The molecule has 5 rings (SSSR count). The molecule has 1 amide bonds. The van der Waals surface area contributed by atoms with Crippen LogP contribution in [0.15, 0.2) is 60.7 Å². The van der Waals surface area contributed by atoms with Gasteiger partial charge in [-0.1, -0.05) is 60.7 Å². The monoisotopic (exact) mass is 541 g/mol. The minimum atomic E-state index is -1.03. The average Bonchev–Trinajstić information content (AvgIpc) is 3.52. The number of rotatable bonds is 8. The van der Waals surface area contributed by atoms with Crippen LogP contribution in [-0.4, -0.2) is 67.0 Å². The summed E-state index contributed by atoms with van der Waals surface area (Å²) in [7, 11) is 0. The fraction of sp³-hybridized carbons (Fsp3) is 0.517. The van der Waals surface area contributed by atoms with Crippen molar-refractivity contribution in [3.63, 3.8) is 0 Å². The van der Waals surface area contributed by atoms with Crippen molar-refractivity contribution in [3.8, 4) is 0 Å². The van der Waals surface area contributed by atoms with Crippen LogP contribution in [0.3, 0.4) is 0 Å². The summed E-state index contributed by atoms with van der Waals surface area (Å²) in [5.74, 6) is -2.37. The number of carbonyl (C=O) groups is 2. The Labute approximate surface area is 227 Å². The number of carbonyl (C=O) groups excluding carboxylic acids is 2. The predicted octanol–water partition coefficient (Wildman–Crippen LogP) is 3.46. The van der Waals surface area contributed by atoms with Crippen LogP contribution in [0.4, 0.5) is 4.79 Å². The van der Waals surface area contributed by atoms with Gasteiger partial charge in [-0.15, -0.1) is 0 Å². The lowest BCUT2D eigenvalue weighted by molar-refractivity contribution is -0.235. The van der Waals surface area contributed by atoms with Gasteiger partial charge in [-0.3, -0.25) is 0 Å². The first-order chi connectivity index (χ1) is 18.6. The Morgan fingerprint density at radius 1 is 0.897 bits per heavy atom. The van der Waals surface area contributed by atoms with Crippen molar-refractivity contribution >= 4 is 12.1 Å². The molecule has 1 N–H and O–H groups in total. The first-order valence-electron chi connectivity index (χ1n) is 13.1. The quantitative estimate of drug-likeness (QED) is 0.502. The minimum absolute atomic E-state index is 0.0666. The summed E-state index contributed by atoms with van der Waals surface area (Å²) in [5.41, 5.74) is 1.67. The molecule has 39 heavy (non-hydrogen) atoms. The number of esters is 1. The van der Waals surface area contributed by atoms with Crippen molar-refractivity contribution in [1.29, 1.82) is 0 Å². The van der Waals surface area contributed by atoms with Gasteiger partial charge in [0.1, 0.15) is 24.9 Å². The molecule has 3 fully saturated rings. The number of fused-ring (bicyclic) bond motifs is 1. The molecule has 0 saturated carbocycles. The molecule has 3 aliphatic heterocycles. The van der Waals surface area contributed by atoms with Gasteiger partial charge in [-0.25, -0.2) is 9.59 Å². The molecular weight excluding hydrogens is 506 g/mol. The molecule has 3 aliphatic rings. The van der Waals surface area contributed by atoms with Crippen LogP contribution in [0, 0.1) is 0 Å². The van der Waals surface area contributed by atoms with Gasteiger partial charge in [-0.05, 0) is 38.8 Å². The van der Waals surface area contributed by atoms with Crippen LogP contribution >= 0.6 is 0 Å². The summed E-state index contributed by atoms with van der Waals surface area (Å²) in [6.07, 6.45) is -4.00. The SMILES string of the molecule is CC1(C)OCC([C@@H]2O[C@@H]3OC(C)(C)O[C@@H]3[C@@H]2OC(=O)C(Cc2ccccc2)NC(=O)OCc2ccccc2)O1. The molecule has 0 spiro atoms. The molecule has 210 valence electrons. The maximum atomic E-state index is 13.6. The van der Waals surface area contributed by atoms with Gasteiger partial charge < -0.3 is 38.5 Å². The van der Waals surface area contributed by atoms with Crippen molar-refractivity contribution in [2.45, 2.75) is 89.0 Å². The van der Waals surface area contributed by atoms with Crippen LogP contribution < -0.4 is 5.32 Å². The summed E-state index contributed by atoms with van der Waals surface area (Å²) in [4.78, 5) is 26.4. The van der Waals surface area contributed by atoms with Gasteiger partial charge in [0.25, 0.3) is 0 Å². The third kappa shape index (κ3) is 6.77. The molecule has 2 unspecified atom stereocenters. The van der Waals surface area contributed by atoms with Crippen LogP contribution in [-0.2, 0) is 51.0 Å². The maximum absolute atomic E-state index is 13.6. The van der Waals surface area contributed by atoms with E-state index in [2.05, 4.69) is 5.32 Å². The molecule has 0 aliphatic carbocycles. The molecular formula is C29H35NO9. The largest absolute Gasteiger partial charge is 0.455 e. The minimum Gasteiger partial charge on any atom is -0.455 e. The Kier molecular flexibility index (Phi) is 7.93. The van der Waals surface area contributed by atoms with Gasteiger partial charge in [0, 0.05) is 6.42 Å². The standard InChI is InChI=1S/C29H35NO9/c1-28(2)34-17-21(37-28)22-23(24-26(36-22)39-29(3,4)38-24)35-25(31)20(15-18-11-7-5-8-12-18)30-27(32)33-16-19-13-9-6-10-14-19/h5-14,20-24,26H,15-17H2,1-4H3,(H,30,32)/t20?,21?,22-,23+,24+,26+/m0/s1. The summed E-state index contributed by atoms with van der Waals surface area (Å²) in [6, 6.07) is 17.6. The van der Waals surface area contributed by atoms with Crippen molar-refractivity contribution < 1.29 is 42.7 Å². The molecule has 10 heteroatoms. The Balaban J connectivity index is 1.31. The number of alkyl carbamates (subject to hydrolysis) is 1. The number of hydrogen-bond acceptors (Lipinski definition) is 9. The van der Waals surface area contributed by atoms with Crippen molar-refractivity contribution in [2.75, 3.05) is 6.61 Å². The van der Waals surface area contributed by atoms with Crippen molar-refractivity contribution in [2.24, 2.45) is 0 Å². The number of hydrogen-bond donors (Lipinski definition) is 1. The molecule has 2 aromatic carbocycles. The summed E-state index contributed by atoms with van der Waals surface area (Å²) in [5, 5.41) is 2.68. The molecule has 0 bridgehead atoms. The molecule has 3 heterocycles. The van der Waals surface area contributed by atoms with E-state index in [0.717, 1.165) is 11.1 Å². The van der Waals surface area contributed by atoms with E-state index in [-0.39, 0.29) is 19.6 Å². The Hall–Kier alpha value is -3.02. The van der Waals surface area contributed by atoms with E-state index in [1.807, 2.05) is 60.7 Å². The van der Waals surface area contributed by atoms with Gasteiger partial charge in [0.2, 0.25) is 0 Å². The van der Waals surface area contributed by atoms with E-state index in [1.165, 1.54) is 0 Å². The number of nitrogens with one attached hydrogen (secondary N) is 1. The lowest BCUT2D eigenvalue weighted by Gasteiger charge is -2.30. The van der Waals surface area contributed by atoms with Gasteiger partial charge in [-0.2, -0.15) is 0 Å². The zero-order valence-electron chi connectivity index (χ0n) is 22.5. The molecule has 2 aromatic rings. The van der Waals surface area contributed by atoms with Gasteiger partial charge >= 0.3 is 12.1 Å². The second-order valence-corrected chi connectivity index (χ2v) is 10.8. The third-order valence-corrected chi connectivity index (χ3v) is 6.75. The second kappa shape index (κ2) is 11.2. The number of ether oxygens (including phenoxy) is 7. The van der Waals surface area contributed by atoms with E-state index in [4.69, 9.17) is 33.2 Å². The fourth-order valence-corrected chi connectivity index (χ4v) is 4.98. The van der Waals surface area contributed by atoms with Crippen LogP contribution in [0.5, 0.6) is 0 Å². The number of amides is 1. The van der Waals surface area contributed by atoms with E-state index in [9.17, 15) is 9.59 Å². The van der Waals surface area contributed by atoms with E-state index in [1.54, 1.807) is 27.7 Å². The van der Waals surface area contributed by atoms with E-state index >= 15 is 0 Å². The summed E-state index contributed by atoms with van der Waals surface area (Å²) in [6.45, 7) is 7.47. The maximum Gasteiger partial charge on any atom is 0.408 e. The topological polar surface area (TPSA) is 111 Å². The average molecular weight is 542 g/mol. The highest BCUT2D eigenvalue weighted by molar-refractivity contribution is 5.82. The first kappa shape index (κ1) is 27.5. The van der Waals surface area contributed by atoms with Gasteiger partial charge in [0.15, 0.2) is 30.1 Å². The summed E-state index contributed by atoms with van der Waals surface area (Å²) >= 11 is 0. The van der Waals surface area contributed by atoms with Crippen molar-refractivity contribution in [1.82, 2.24) is 5.32 Å².